The first-order valence-corrected chi connectivity index (χ1v) is 12.8. The van der Waals surface area contributed by atoms with Crippen LogP contribution in [0, 0.1) is 11.7 Å². The number of thiol groups is 1. The number of imidazole rings is 2. The van der Waals surface area contributed by atoms with Gasteiger partial charge >= 0.3 is 0 Å². The topological polar surface area (TPSA) is 64.7 Å². The molecule has 0 N–H and O–H groups in total. The summed E-state index contributed by atoms with van der Waals surface area (Å²) in [5, 5.41) is 0.681. The van der Waals surface area contributed by atoms with Gasteiger partial charge in [0.2, 0.25) is 0 Å². The minimum atomic E-state index is -0.207. The van der Waals surface area contributed by atoms with Gasteiger partial charge in [-0.3, -0.25) is 0 Å². The van der Waals surface area contributed by atoms with Gasteiger partial charge in [-0.05, 0) is 61.7 Å². The van der Waals surface area contributed by atoms with E-state index in [1.165, 1.54) is 12.1 Å². The molecule has 0 spiro atoms. The maximum Gasteiger partial charge on any atom is 0.167 e. The first kappa shape index (κ1) is 23.1. The van der Waals surface area contributed by atoms with E-state index in [1.807, 2.05) is 18.2 Å². The van der Waals surface area contributed by atoms with E-state index in [4.69, 9.17) is 4.98 Å². The van der Waals surface area contributed by atoms with Crippen LogP contribution in [0.1, 0.15) is 24.2 Å². The largest absolute Gasteiger partial charge is 0.323 e. The van der Waals surface area contributed by atoms with Crippen molar-refractivity contribution in [2.24, 2.45) is 5.92 Å². The highest BCUT2D eigenvalue weighted by atomic mass is 32.1. The van der Waals surface area contributed by atoms with Crippen molar-refractivity contribution >= 4 is 34.8 Å². The molecule has 1 fully saturated rings. The molecule has 0 atom stereocenters. The molecule has 0 unspecified atom stereocenters. The Bertz CT molecular complexity index is 1490. The summed E-state index contributed by atoms with van der Waals surface area (Å²) < 4.78 is 17.8. The summed E-state index contributed by atoms with van der Waals surface area (Å²) in [6.45, 7) is 4.57. The number of para-hydroxylation sites is 2. The number of aromatic nitrogens is 6. The van der Waals surface area contributed by atoms with E-state index < -0.39 is 0 Å². The lowest BCUT2D eigenvalue weighted by atomic mass is 9.93. The second-order valence-electron chi connectivity index (χ2n) is 9.51. The Morgan fingerprint density at radius 3 is 2.56 bits per heavy atom. The minimum absolute atomic E-state index is 0.207. The molecule has 1 aliphatic heterocycles. The molecule has 0 radical (unpaired) electrons. The fourth-order valence-corrected chi connectivity index (χ4v) is 5.52. The third-order valence-electron chi connectivity index (χ3n) is 7.20. The maximum absolute atomic E-state index is 13.4. The summed E-state index contributed by atoms with van der Waals surface area (Å²) >= 11 is 4.53. The third kappa shape index (κ3) is 4.73. The quantitative estimate of drug-likeness (QED) is 0.330. The highest BCUT2D eigenvalue weighted by Gasteiger charge is 2.23. The molecule has 184 valence electrons. The molecular weight excluding hydrogens is 473 g/mol. The molecular formula is C27H28FN7S. The van der Waals surface area contributed by atoms with Crippen LogP contribution in [0.2, 0.25) is 0 Å². The van der Waals surface area contributed by atoms with Crippen LogP contribution in [-0.2, 0) is 19.5 Å². The minimum Gasteiger partial charge on any atom is -0.323 e. The second-order valence-corrected chi connectivity index (χ2v) is 9.91. The van der Waals surface area contributed by atoms with E-state index >= 15 is 0 Å². The molecule has 2 aromatic carbocycles. The zero-order valence-electron chi connectivity index (χ0n) is 20.0. The summed E-state index contributed by atoms with van der Waals surface area (Å²) in [6, 6.07) is 15.1. The van der Waals surface area contributed by atoms with Gasteiger partial charge in [0.25, 0.3) is 0 Å². The van der Waals surface area contributed by atoms with Crippen LogP contribution in [0.3, 0.4) is 0 Å². The van der Waals surface area contributed by atoms with Crippen molar-refractivity contribution in [2.75, 3.05) is 19.6 Å². The molecule has 1 saturated heterocycles. The van der Waals surface area contributed by atoms with Crippen molar-refractivity contribution in [2.45, 2.75) is 37.5 Å². The van der Waals surface area contributed by atoms with Crippen LogP contribution >= 0.6 is 12.6 Å². The first-order valence-electron chi connectivity index (χ1n) is 12.4. The van der Waals surface area contributed by atoms with Gasteiger partial charge in [0.15, 0.2) is 10.8 Å². The normalized spacial score (nSPS) is 15.3. The maximum atomic E-state index is 13.4. The molecule has 6 rings (SSSR count). The molecule has 5 aromatic rings. The van der Waals surface area contributed by atoms with E-state index in [1.54, 1.807) is 12.5 Å². The number of piperidine rings is 1. The van der Waals surface area contributed by atoms with Crippen molar-refractivity contribution in [3.05, 3.63) is 78.3 Å². The Balaban J connectivity index is 1.11. The number of hydrogen-bond acceptors (Lipinski definition) is 6. The van der Waals surface area contributed by atoms with Gasteiger partial charge in [-0.15, -0.1) is 12.6 Å². The fourth-order valence-electron chi connectivity index (χ4n) is 5.22. The SMILES string of the molecule is Fc1ccc(Cn2c(CC3CCN(CCn4c(S)nc5cncnc54)CC3)nc3ccccc32)cc1. The van der Waals surface area contributed by atoms with Gasteiger partial charge in [0.1, 0.15) is 23.5 Å². The summed E-state index contributed by atoms with van der Waals surface area (Å²) in [6.07, 6.45) is 6.52. The van der Waals surface area contributed by atoms with E-state index in [0.717, 1.165) is 79.0 Å². The van der Waals surface area contributed by atoms with Crippen molar-refractivity contribution < 1.29 is 4.39 Å². The van der Waals surface area contributed by atoms with Crippen molar-refractivity contribution in [1.82, 2.24) is 34.0 Å². The number of fused-ring (bicyclic) bond motifs is 2. The van der Waals surface area contributed by atoms with Gasteiger partial charge in [-0.2, -0.15) is 0 Å². The molecule has 36 heavy (non-hydrogen) atoms. The van der Waals surface area contributed by atoms with Gasteiger partial charge in [0.05, 0.1) is 17.2 Å². The van der Waals surface area contributed by atoms with Gasteiger partial charge in [0, 0.05) is 26.1 Å². The molecule has 3 aromatic heterocycles. The average Bonchev–Trinajstić information content (AvgIpc) is 3.41. The lowest BCUT2D eigenvalue weighted by Gasteiger charge is -2.32. The molecule has 4 heterocycles. The van der Waals surface area contributed by atoms with Gasteiger partial charge in [-0.25, -0.2) is 24.3 Å². The van der Waals surface area contributed by atoms with Crippen LogP contribution in [-0.4, -0.2) is 53.6 Å². The first-order chi connectivity index (χ1) is 17.6. The molecule has 0 amide bonds. The Hall–Kier alpha value is -3.30. The molecule has 0 aliphatic carbocycles. The van der Waals surface area contributed by atoms with Gasteiger partial charge < -0.3 is 14.0 Å². The zero-order valence-corrected chi connectivity index (χ0v) is 20.9. The molecule has 0 bridgehead atoms. The van der Waals surface area contributed by atoms with E-state index in [-0.39, 0.29) is 5.82 Å². The number of likely N-dealkylation sites (tertiary alicyclic amines) is 1. The second kappa shape index (κ2) is 9.99. The number of nitrogens with zero attached hydrogens (tertiary/aromatic N) is 7. The highest BCUT2D eigenvalue weighted by molar-refractivity contribution is 7.80. The predicted octanol–water partition coefficient (Wildman–Crippen LogP) is 4.61. The summed E-state index contributed by atoms with van der Waals surface area (Å²) in [7, 11) is 0. The summed E-state index contributed by atoms with van der Waals surface area (Å²) in [5.74, 6) is 1.50. The number of halogens is 1. The predicted molar refractivity (Wildman–Crippen MR) is 141 cm³/mol. The van der Waals surface area contributed by atoms with E-state index in [9.17, 15) is 4.39 Å². The molecule has 9 heteroatoms. The standard InChI is InChI=1S/C27H28FN7S/c28-21-7-5-20(6-8-21)17-35-24-4-2-1-3-22(24)31-25(35)15-19-9-11-33(12-10-19)13-14-34-26-23(32-27(34)36)16-29-18-30-26/h1-8,16,18-19H,9-15,17H2,(H,32,36). The van der Waals surface area contributed by atoms with Crippen LogP contribution in [0.5, 0.6) is 0 Å². The number of hydrogen-bond donors (Lipinski definition) is 1. The smallest absolute Gasteiger partial charge is 0.167 e. The van der Waals surface area contributed by atoms with E-state index in [2.05, 4.69) is 59.8 Å². The third-order valence-corrected chi connectivity index (χ3v) is 7.54. The molecule has 1 aliphatic rings. The average molecular weight is 502 g/mol. The van der Waals surface area contributed by atoms with Gasteiger partial charge in [-0.1, -0.05) is 24.3 Å². The highest BCUT2D eigenvalue weighted by Crippen LogP contribution is 2.25. The Morgan fingerprint density at radius 1 is 0.917 bits per heavy atom. The van der Waals surface area contributed by atoms with Crippen molar-refractivity contribution in [3.8, 4) is 0 Å². The lowest BCUT2D eigenvalue weighted by molar-refractivity contribution is 0.176. The molecule has 7 nitrogen and oxygen atoms in total. The Labute approximate surface area is 214 Å². The number of benzene rings is 2. The zero-order chi connectivity index (χ0) is 24.5. The van der Waals surface area contributed by atoms with Crippen LogP contribution in [0.15, 0.2) is 66.2 Å². The summed E-state index contributed by atoms with van der Waals surface area (Å²) in [5.41, 5.74) is 4.85. The number of rotatable bonds is 7. The van der Waals surface area contributed by atoms with Crippen LogP contribution in [0.4, 0.5) is 4.39 Å². The lowest BCUT2D eigenvalue weighted by Crippen LogP contribution is -2.36. The monoisotopic (exact) mass is 501 g/mol. The van der Waals surface area contributed by atoms with Crippen molar-refractivity contribution in [3.63, 3.8) is 0 Å². The summed E-state index contributed by atoms with van der Waals surface area (Å²) in [4.78, 5) is 20.4. The Kier molecular flexibility index (Phi) is 6.41. The fraction of sp³-hybridized carbons (Fsp3) is 0.333. The Morgan fingerprint density at radius 2 is 1.72 bits per heavy atom. The van der Waals surface area contributed by atoms with Crippen LogP contribution in [0.25, 0.3) is 22.2 Å². The van der Waals surface area contributed by atoms with E-state index in [0.29, 0.717) is 17.6 Å². The molecule has 0 saturated carbocycles. The van der Waals surface area contributed by atoms with Crippen molar-refractivity contribution in [1.29, 1.82) is 0 Å². The van der Waals surface area contributed by atoms with Crippen LogP contribution < -0.4 is 0 Å².